The minimum absolute atomic E-state index is 0.0403. The Kier molecular flexibility index (Phi) is 26.0. The molecule has 0 aromatic carbocycles. The molecule has 0 aliphatic carbocycles. The van der Waals surface area contributed by atoms with Crippen LogP contribution in [0.5, 0.6) is 0 Å². The lowest BCUT2D eigenvalue weighted by molar-refractivity contribution is -0.384. The van der Waals surface area contributed by atoms with Gasteiger partial charge in [0, 0.05) is 54.3 Å². The first kappa shape index (κ1) is 63.7. The molecule has 1 N–H and O–H groups in total. The topological polar surface area (TPSA) is 153 Å². The van der Waals surface area contributed by atoms with Crippen LogP contribution in [-0.4, -0.2) is 133 Å². The highest BCUT2D eigenvalue weighted by molar-refractivity contribution is 5.60. The number of aliphatic hydroxyl groups is 1. The number of nitrogens with zero attached hydrogens (tertiary/aromatic N) is 2. The predicted octanol–water partition coefficient (Wildman–Crippen LogP) is 13.6. The maximum absolute atomic E-state index is 12.7. The minimum atomic E-state index is -1.08. The van der Waals surface area contributed by atoms with Crippen LogP contribution in [0.1, 0.15) is 244 Å². The summed E-state index contributed by atoms with van der Waals surface area (Å²) in [5.41, 5.74) is -2.41. The monoisotopic (exact) mass is 1040 g/mol. The van der Waals surface area contributed by atoms with E-state index in [9.17, 15) is 14.7 Å². The van der Waals surface area contributed by atoms with Crippen LogP contribution in [-0.2, 0) is 47.6 Å². The Labute approximate surface area is 443 Å². The van der Waals surface area contributed by atoms with Gasteiger partial charge >= 0.3 is 12.3 Å². The molecule has 1 atom stereocenters. The van der Waals surface area contributed by atoms with Crippen molar-refractivity contribution in [2.75, 3.05) is 66.1 Å². The van der Waals surface area contributed by atoms with Crippen LogP contribution >= 0.6 is 0 Å². The van der Waals surface area contributed by atoms with Crippen LogP contribution in [0.25, 0.3) is 0 Å². The molecule has 0 aromatic rings. The van der Waals surface area contributed by atoms with Gasteiger partial charge in [-0.25, -0.2) is 9.59 Å². The molecular formula is C58H108N2O13. The van der Waals surface area contributed by atoms with Crippen molar-refractivity contribution in [3.8, 4) is 0 Å². The van der Waals surface area contributed by atoms with Gasteiger partial charge < -0.3 is 43.0 Å². The number of carbonyl (C=O) groups is 2. The largest absolute Gasteiger partial charge is 0.508 e. The highest BCUT2D eigenvalue weighted by atomic mass is 16.7. The Bertz CT molecular complexity index is 1530. The van der Waals surface area contributed by atoms with Crippen molar-refractivity contribution in [2.45, 2.75) is 283 Å². The van der Waals surface area contributed by atoms with Crippen molar-refractivity contribution in [1.82, 2.24) is 10.1 Å². The Morgan fingerprint density at radius 1 is 0.452 bits per heavy atom. The fourth-order valence-corrected chi connectivity index (χ4v) is 12.0. The minimum Gasteiger partial charge on any atom is -0.434 e. The quantitative estimate of drug-likeness (QED) is 0.0489. The van der Waals surface area contributed by atoms with E-state index in [4.69, 9.17) is 47.6 Å². The Balaban J connectivity index is 1.09. The van der Waals surface area contributed by atoms with E-state index in [1.807, 2.05) is 13.8 Å². The van der Waals surface area contributed by atoms with Gasteiger partial charge in [0.25, 0.3) is 0 Å². The van der Waals surface area contributed by atoms with E-state index in [1.54, 1.807) is 0 Å². The molecule has 15 nitrogen and oxygen atoms in total. The second-order valence-corrected chi connectivity index (χ2v) is 25.2. The van der Waals surface area contributed by atoms with Gasteiger partial charge in [0.1, 0.15) is 19.8 Å². The van der Waals surface area contributed by atoms with E-state index in [0.29, 0.717) is 78.2 Å². The maximum atomic E-state index is 12.7. The van der Waals surface area contributed by atoms with Gasteiger partial charge in [-0.15, -0.1) is 0 Å². The third-order valence-corrected chi connectivity index (χ3v) is 16.1. The normalized spacial score (nSPS) is 23.0. The van der Waals surface area contributed by atoms with E-state index in [1.165, 1.54) is 103 Å². The molecule has 15 heteroatoms. The van der Waals surface area contributed by atoms with Gasteiger partial charge in [-0.1, -0.05) is 130 Å². The van der Waals surface area contributed by atoms with Crippen molar-refractivity contribution in [1.29, 1.82) is 0 Å². The zero-order chi connectivity index (χ0) is 53.7. The number of hydrogen-bond donors (Lipinski definition) is 1. The summed E-state index contributed by atoms with van der Waals surface area (Å²) in [7, 11) is 0. The summed E-state index contributed by atoms with van der Waals surface area (Å²) >= 11 is 0. The standard InChI is InChI=1S/C58H108N2O13/c1-13-17-19-21-23-25-27-29-31-34-72-59-51(5,6)38-57(39-52(59,7)8)68-44-55(15-3,45-69-57)42-66-49(62)64-36-33-48(61)37-65-50(63)67-43-56(16-4)46-70-58(71-47-56)40-53(9,10)60(54(11,12)41-58)73-35-32-30-28-26-24-22-20-18-14-2/h48,61H,13-47H2,1-12H3. The molecule has 0 amide bonds. The van der Waals surface area contributed by atoms with E-state index < -0.39 is 40.8 Å². The zero-order valence-corrected chi connectivity index (χ0v) is 48.6. The maximum Gasteiger partial charge on any atom is 0.508 e. The summed E-state index contributed by atoms with van der Waals surface area (Å²) in [6.07, 6.45) is 24.0. The molecule has 2 spiro atoms. The summed E-state index contributed by atoms with van der Waals surface area (Å²) in [5, 5.41) is 14.9. The fourth-order valence-electron chi connectivity index (χ4n) is 12.0. The lowest BCUT2D eigenvalue weighted by atomic mass is 9.76. The van der Waals surface area contributed by atoms with E-state index >= 15 is 0 Å². The summed E-state index contributed by atoms with van der Waals surface area (Å²) in [6.45, 7) is 28.6. The number of unbranched alkanes of at least 4 members (excludes halogenated alkanes) is 16. The lowest BCUT2D eigenvalue weighted by Crippen LogP contribution is -2.68. The van der Waals surface area contributed by atoms with E-state index in [2.05, 4.69) is 79.4 Å². The van der Waals surface area contributed by atoms with Crippen LogP contribution in [0.4, 0.5) is 9.59 Å². The molecule has 0 radical (unpaired) electrons. The Hall–Kier alpha value is -1.82. The number of aliphatic hydroxyl groups excluding tert-OH is 1. The molecule has 0 bridgehead atoms. The van der Waals surface area contributed by atoms with E-state index in [0.717, 1.165) is 12.8 Å². The Morgan fingerprint density at radius 3 is 1.10 bits per heavy atom. The molecule has 4 aliphatic rings. The molecule has 0 aromatic heterocycles. The number of carbonyl (C=O) groups excluding carboxylic acids is 2. The van der Waals surface area contributed by atoms with Gasteiger partial charge in [-0.3, -0.25) is 9.68 Å². The van der Waals surface area contributed by atoms with Crippen molar-refractivity contribution in [2.24, 2.45) is 10.8 Å². The van der Waals surface area contributed by atoms with Gasteiger partial charge in [-0.05, 0) is 81.1 Å². The summed E-state index contributed by atoms with van der Waals surface area (Å²) in [4.78, 5) is 38.4. The molecule has 0 saturated carbocycles. The molecule has 4 aliphatic heterocycles. The van der Waals surface area contributed by atoms with Crippen LogP contribution in [0.3, 0.4) is 0 Å². The molecular weight excluding hydrogens is 933 g/mol. The molecule has 4 heterocycles. The molecule has 1 unspecified atom stereocenters. The first-order valence-electron chi connectivity index (χ1n) is 29.2. The fraction of sp³-hybridized carbons (Fsp3) is 0.966. The van der Waals surface area contributed by atoms with E-state index in [-0.39, 0.29) is 55.0 Å². The second-order valence-electron chi connectivity index (χ2n) is 25.2. The average molecular weight is 1040 g/mol. The van der Waals surface area contributed by atoms with Crippen LogP contribution in [0.2, 0.25) is 0 Å². The van der Waals surface area contributed by atoms with Crippen molar-refractivity contribution in [3.63, 3.8) is 0 Å². The number of ether oxygens (including phenoxy) is 8. The van der Waals surface area contributed by atoms with Gasteiger partial charge in [0.15, 0.2) is 11.6 Å². The summed E-state index contributed by atoms with van der Waals surface area (Å²) in [5.74, 6) is -1.55. The molecule has 428 valence electrons. The first-order valence-corrected chi connectivity index (χ1v) is 29.2. The summed E-state index contributed by atoms with van der Waals surface area (Å²) in [6, 6.07) is 0. The van der Waals surface area contributed by atoms with Crippen molar-refractivity contribution >= 4 is 12.3 Å². The van der Waals surface area contributed by atoms with Gasteiger partial charge in [0.2, 0.25) is 0 Å². The zero-order valence-electron chi connectivity index (χ0n) is 48.6. The van der Waals surface area contributed by atoms with Crippen molar-refractivity contribution < 1.29 is 62.3 Å². The second kappa shape index (κ2) is 29.8. The number of hydroxylamine groups is 4. The first-order chi connectivity index (χ1) is 34.6. The highest BCUT2D eigenvalue weighted by Crippen LogP contribution is 2.51. The number of rotatable bonds is 33. The number of piperidine rings is 2. The third-order valence-electron chi connectivity index (χ3n) is 16.1. The molecule has 4 saturated heterocycles. The van der Waals surface area contributed by atoms with Crippen LogP contribution in [0, 0.1) is 10.8 Å². The molecule has 73 heavy (non-hydrogen) atoms. The SMILES string of the molecule is CCCCCCCCCCCON1C(C)(C)CC2(CC1(C)C)OCC(CC)(COC(=O)OCCC(O)COC(=O)OCC1(CC)COC3(CC(C)(C)N(OCCCCCCCCCCC)C(C)(C)C3)OC1)CO2. The van der Waals surface area contributed by atoms with Crippen molar-refractivity contribution in [3.05, 3.63) is 0 Å². The van der Waals surface area contributed by atoms with Crippen LogP contribution < -0.4 is 0 Å². The molecule has 4 rings (SSSR count). The van der Waals surface area contributed by atoms with Crippen LogP contribution in [0.15, 0.2) is 0 Å². The predicted molar refractivity (Wildman–Crippen MR) is 285 cm³/mol. The van der Waals surface area contributed by atoms with Gasteiger partial charge in [0.05, 0.1) is 63.2 Å². The molecule has 4 fully saturated rings. The average Bonchev–Trinajstić information content (AvgIpc) is 3.32. The smallest absolute Gasteiger partial charge is 0.434 e. The lowest BCUT2D eigenvalue weighted by Gasteiger charge is -2.59. The third kappa shape index (κ3) is 20.2. The summed E-state index contributed by atoms with van der Waals surface area (Å²) < 4.78 is 48.2. The number of hydrogen-bond acceptors (Lipinski definition) is 15. The van der Waals surface area contributed by atoms with Gasteiger partial charge in [-0.2, -0.15) is 10.1 Å². The Morgan fingerprint density at radius 2 is 0.767 bits per heavy atom. The highest BCUT2D eigenvalue weighted by Gasteiger charge is 2.59.